The van der Waals surface area contributed by atoms with Crippen LogP contribution in [0.4, 0.5) is 4.79 Å². The molecular weight excluding hydrogens is 372 g/mol. The van der Waals surface area contributed by atoms with Crippen molar-refractivity contribution in [1.82, 2.24) is 19.7 Å². The van der Waals surface area contributed by atoms with Gasteiger partial charge in [0, 0.05) is 25.8 Å². The summed E-state index contributed by atoms with van der Waals surface area (Å²) in [6.45, 7) is 17.1. The molecule has 1 unspecified atom stereocenters. The van der Waals surface area contributed by atoms with E-state index < -0.39 is 8.32 Å². The highest BCUT2D eigenvalue weighted by Gasteiger charge is 2.41. The number of hydroxylamine groups is 2. The smallest absolute Gasteiger partial charge is 0.345 e. The molecule has 0 aliphatic carbocycles. The van der Waals surface area contributed by atoms with Crippen molar-refractivity contribution in [3.8, 4) is 0 Å². The molecule has 2 amide bonds. The fourth-order valence-electron chi connectivity index (χ4n) is 3.10. The lowest BCUT2D eigenvalue weighted by atomic mass is 10.2. The van der Waals surface area contributed by atoms with Gasteiger partial charge in [0.1, 0.15) is 0 Å². The number of nitrogens with zero attached hydrogens (tertiary/aromatic N) is 4. The van der Waals surface area contributed by atoms with Crippen LogP contribution in [0.25, 0.3) is 5.70 Å². The Labute approximate surface area is 168 Å². The van der Waals surface area contributed by atoms with Crippen LogP contribution < -0.4 is 0 Å². The molecule has 2 aliphatic rings. The minimum atomic E-state index is -1.74. The molecular formula is C20H32N4O3Si. The van der Waals surface area contributed by atoms with Gasteiger partial charge in [-0.1, -0.05) is 26.8 Å². The summed E-state index contributed by atoms with van der Waals surface area (Å²) < 4.78 is 8.12. The molecule has 1 aromatic rings. The lowest BCUT2D eigenvalue weighted by molar-refractivity contribution is -0.107. The molecule has 7 nitrogen and oxygen atoms in total. The number of carbonyl (C=O) groups is 1. The molecule has 1 fully saturated rings. The van der Waals surface area contributed by atoms with Gasteiger partial charge in [-0.15, -0.1) is 6.58 Å². The molecule has 2 bridgehead atoms. The van der Waals surface area contributed by atoms with E-state index in [1.54, 1.807) is 11.0 Å². The lowest BCUT2D eigenvalue weighted by Crippen LogP contribution is -2.41. The Morgan fingerprint density at radius 3 is 2.82 bits per heavy atom. The van der Waals surface area contributed by atoms with E-state index in [2.05, 4.69) is 46.5 Å². The first-order valence-electron chi connectivity index (χ1n) is 9.84. The lowest BCUT2D eigenvalue weighted by Gasteiger charge is -2.36. The SMILES string of the molecule is C=CCON1C(=O)N2CC(n3ccc(CCO[Si](C)(C)C(C)(C)C)n3)=CC1C2. The van der Waals surface area contributed by atoms with Crippen LogP contribution in [0.5, 0.6) is 0 Å². The van der Waals surface area contributed by atoms with Crippen molar-refractivity contribution in [1.29, 1.82) is 0 Å². The maximum atomic E-state index is 12.4. The third kappa shape index (κ3) is 4.23. The quantitative estimate of drug-likeness (QED) is 0.491. The zero-order valence-electron chi connectivity index (χ0n) is 17.6. The number of rotatable bonds is 8. The predicted molar refractivity (Wildman–Crippen MR) is 112 cm³/mol. The molecule has 8 heteroatoms. The van der Waals surface area contributed by atoms with Gasteiger partial charge in [0.2, 0.25) is 0 Å². The zero-order chi connectivity index (χ0) is 20.5. The van der Waals surface area contributed by atoms with Crippen LogP contribution in [0.1, 0.15) is 26.5 Å². The van der Waals surface area contributed by atoms with Gasteiger partial charge in [0.05, 0.1) is 30.6 Å². The first kappa shape index (κ1) is 20.8. The van der Waals surface area contributed by atoms with Gasteiger partial charge < -0.3 is 9.33 Å². The van der Waals surface area contributed by atoms with Crippen molar-refractivity contribution >= 4 is 20.0 Å². The van der Waals surface area contributed by atoms with Gasteiger partial charge in [-0.05, 0) is 30.3 Å². The molecule has 154 valence electrons. The van der Waals surface area contributed by atoms with E-state index in [9.17, 15) is 4.79 Å². The topological polar surface area (TPSA) is 59.8 Å². The fraction of sp³-hybridized carbons (Fsp3) is 0.600. The highest BCUT2D eigenvalue weighted by molar-refractivity contribution is 6.74. The first-order chi connectivity index (χ1) is 13.1. The standard InChI is InChI=1S/C20H32N4O3Si/c1-7-11-26-24-18-13-17(14-22(15-18)19(24)25)23-10-8-16(21-23)9-12-27-28(5,6)20(2,3)4/h7-8,10,13,18H,1,9,11-12,14-15H2,2-6H3. The molecule has 2 aliphatic heterocycles. The summed E-state index contributed by atoms with van der Waals surface area (Å²) in [4.78, 5) is 19.7. The average molecular weight is 405 g/mol. The number of carbonyl (C=O) groups excluding carboxylic acids is 1. The van der Waals surface area contributed by atoms with E-state index >= 15 is 0 Å². The van der Waals surface area contributed by atoms with Gasteiger partial charge >= 0.3 is 6.03 Å². The van der Waals surface area contributed by atoms with E-state index in [0.29, 0.717) is 26.3 Å². The predicted octanol–water partition coefficient (Wildman–Crippen LogP) is 3.53. The van der Waals surface area contributed by atoms with E-state index in [-0.39, 0.29) is 17.1 Å². The van der Waals surface area contributed by atoms with Gasteiger partial charge in [0.15, 0.2) is 8.32 Å². The van der Waals surface area contributed by atoms with Crippen LogP contribution in [0.15, 0.2) is 31.0 Å². The van der Waals surface area contributed by atoms with E-state index in [0.717, 1.165) is 17.8 Å². The van der Waals surface area contributed by atoms with Crippen LogP contribution in [-0.2, 0) is 15.7 Å². The maximum absolute atomic E-state index is 12.4. The second-order valence-electron chi connectivity index (χ2n) is 8.91. The monoisotopic (exact) mass is 404 g/mol. The third-order valence-corrected chi connectivity index (χ3v) is 10.3. The Balaban J connectivity index is 1.61. The first-order valence-corrected chi connectivity index (χ1v) is 12.7. The number of urea groups is 1. The van der Waals surface area contributed by atoms with Crippen molar-refractivity contribution < 1.29 is 14.1 Å². The Kier molecular flexibility index (Phi) is 5.83. The molecule has 0 saturated carbocycles. The number of amides is 2. The van der Waals surface area contributed by atoms with Crippen molar-refractivity contribution in [2.75, 3.05) is 26.3 Å². The van der Waals surface area contributed by atoms with Crippen LogP contribution in [0.3, 0.4) is 0 Å². The van der Waals surface area contributed by atoms with E-state index in [1.165, 1.54) is 5.06 Å². The molecule has 0 radical (unpaired) electrons. The van der Waals surface area contributed by atoms with Gasteiger partial charge in [-0.3, -0.25) is 4.84 Å². The summed E-state index contributed by atoms with van der Waals surface area (Å²) in [5.74, 6) is 0. The second kappa shape index (κ2) is 7.85. The van der Waals surface area contributed by atoms with Gasteiger partial charge in [-0.25, -0.2) is 9.48 Å². The second-order valence-corrected chi connectivity index (χ2v) is 13.7. The molecule has 1 saturated heterocycles. The Morgan fingerprint density at radius 2 is 2.14 bits per heavy atom. The Hall–Kier alpha value is -1.90. The van der Waals surface area contributed by atoms with Crippen molar-refractivity contribution in [3.63, 3.8) is 0 Å². The minimum absolute atomic E-state index is 0.0919. The molecule has 1 aromatic heterocycles. The van der Waals surface area contributed by atoms with Crippen molar-refractivity contribution in [2.24, 2.45) is 0 Å². The maximum Gasteiger partial charge on any atom is 0.345 e. The third-order valence-electron chi connectivity index (χ3n) is 5.80. The summed E-state index contributed by atoms with van der Waals surface area (Å²) in [7, 11) is -1.74. The summed E-state index contributed by atoms with van der Waals surface area (Å²) in [6.07, 6.45) is 6.45. The van der Waals surface area contributed by atoms with Gasteiger partial charge in [0.25, 0.3) is 0 Å². The fourth-order valence-corrected chi connectivity index (χ4v) is 4.14. The highest BCUT2D eigenvalue weighted by atomic mass is 28.4. The van der Waals surface area contributed by atoms with Crippen LogP contribution in [0, 0.1) is 0 Å². The minimum Gasteiger partial charge on any atom is -0.416 e. The number of hydrogen-bond donors (Lipinski definition) is 0. The van der Waals surface area contributed by atoms with Crippen molar-refractivity contribution in [3.05, 3.63) is 36.7 Å². The molecule has 3 rings (SSSR count). The number of aromatic nitrogens is 2. The highest BCUT2D eigenvalue weighted by Crippen LogP contribution is 2.36. The van der Waals surface area contributed by atoms with Crippen LogP contribution >= 0.6 is 0 Å². The normalized spacial score (nSPS) is 20.0. The molecule has 0 aromatic carbocycles. The molecule has 3 heterocycles. The summed E-state index contributed by atoms with van der Waals surface area (Å²) in [6, 6.07) is 1.83. The van der Waals surface area contributed by atoms with Gasteiger partial charge in [-0.2, -0.15) is 10.2 Å². The summed E-state index contributed by atoms with van der Waals surface area (Å²) in [5.41, 5.74) is 1.99. The van der Waals surface area contributed by atoms with Crippen LogP contribution in [0.2, 0.25) is 18.1 Å². The summed E-state index contributed by atoms with van der Waals surface area (Å²) in [5, 5.41) is 6.34. The van der Waals surface area contributed by atoms with Crippen molar-refractivity contribution in [2.45, 2.75) is 51.4 Å². The average Bonchev–Trinajstić information content (AvgIpc) is 3.16. The Morgan fingerprint density at radius 1 is 1.39 bits per heavy atom. The largest absolute Gasteiger partial charge is 0.416 e. The molecule has 1 atom stereocenters. The molecule has 0 spiro atoms. The summed E-state index contributed by atoms with van der Waals surface area (Å²) >= 11 is 0. The van der Waals surface area contributed by atoms with E-state index in [4.69, 9.17) is 14.4 Å². The zero-order valence-corrected chi connectivity index (χ0v) is 18.6. The number of hydrogen-bond acceptors (Lipinski definition) is 4. The van der Waals surface area contributed by atoms with Crippen LogP contribution in [-0.4, -0.2) is 66.4 Å². The molecule has 0 N–H and O–H groups in total. The Bertz CT molecular complexity index is 766. The number of fused-ring (bicyclic) bond motifs is 2. The van der Waals surface area contributed by atoms with E-state index in [1.807, 2.05) is 16.9 Å². The molecule has 28 heavy (non-hydrogen) atoms.